The van der Waals surface area contributed by atoms with Crippen molar-refractivity contribution in [2.24, 2.45) is 0 Å². The van der Waals surface area contributed by atoms with Crippen molar-refractivity contribution >= 4 is 11.7 Å². The van der Waals surface area contributed by atoms with Gasteiger partial charge in [0.15, 0.2) is 0 Å². The van der Waals surface area contributed by atoms with E-state index in [0.29, 0.717) is 12.2 Å². The molecule has 0 aliphatic carbocycles. The fourth-order valence-electron chi connectivity index (χ4n) is 1.76. The molecule has 0 atom stereocenters. The van der Waals surface area contributed by atoms with Crippen LogP contribution in [0.25, 0.3) is 0 Å². The minimum absolute atomic E-state index is 0.109. The second kappa shape index (κ2) is 6.56. The molecule has 2 N–H and O–H groups in total. The third-order valence-electron chi connectivity index (χ3n) is 2.82. The number of nitrogen functional groups attached to an aromatic ring is 1. The summed E-state index contributed by atoms with van der Waals surface area (Å²) in [6, 6.07) is 12.0. The molecule has 0 saturated heterocycles. The highest BCUT2D eigenvalue weighted by atomic mass is 16.5. The van der Waals surface area contributed by atoms with Crippen LogP contribution in [0.4, 0.5) is 5.69 Å². The van der Waals surface area contributed by atoms with Crippen molar-refractivity contribution < 1.29 is 9.53 Å². The van der Waals surface area contributed by atoms with Crippen molar-refractivity contribution in [2.75, 3.05) is 12.3 Å². The number of hydrogen-bond acceptors (Lipinski definition) is 4. The van der Waals surface area contributed by atoms with Crippen LogP contribution in [0.1, 0.15) is 5.56 Å². The van der Waals surface area contributed by atoms with Crippen molar-refractivity contribution in [2.45, 2.75) is 13.0 Å². The van der Waals surface area contributed by atoms with Crippen molar-refractivity contribution in [1.82, 2.24) is 4.57 Å². The van der Waals surface area contributed by atoms with Gasteiger partial charge in [-0.1, -0.05) is 18.2 Å². The van der Waals surface area contributed by atoms with Crippen LogP contribution < -0.4 is 11.3 Å². The predicted molar refractivity (Wildman–Crippen MR) is 76.2 cm³/mol. The topological polar surface area (TPSA) is 74.3 Å². The molecule has 0 radical (unpaired) electrons. The lowest BCUT2D eigenvalue weighted by Crippen LogP contribution is -2.21. The van der Waals surface area contributed by atoms with Crippen LogP contribution in [0.3, 0.4) is 0 Å². The number of pyridine rings is 1. The molecular formula is C15H16N2O3. The van der Waals surface area contributed by atoms with Crippen LogP contribution in [0.2, 0.25) is 0 Å². The average Bonchev–Trinajstić information content (AvgIpc) is 2.43. The summed E-state index contributed by atoms with van der Waals surface area (Å²) in [7, 11) is 0. The maximum atomic E-state index is 11.6. The highest BCUT2D eigenvalue weighted by Gasteiger charge is 2.05. The molecule has 0 spiro atoms. The molecule has 5 nitrogen and oxygen atoms in total. The highest BCUT2D eigenvalue weighted by Crippen LogP contribution is 2.06. The summed E-state index contributed by atoms with van der Waals surface area (Å²) in [6.45, 7) is 0.533. The molecule has 0 saturated carbocycles. The third kappa shape index (κ3) is 3.98. The smallest absolute Gasteiger partial charge is 0.310 e. The number of hydrogen-bond donors (Lipinski definition) is 1. The molecule has 0 unspecified atom stereocenters. The predicted octanol–water partition coefficient (Wildman–Crippen LogP) is 1.22. The Morgan fingerprint density at radius 1 is 1.15 bits per heavy atom. The molecule has 0 aliphatic heterocycles. The molecule has 5 heteroatoms. The van der Waals surface area contributed by atoms with E-state index in [4.69, 9.17) is 10.5 Å². The molecule has 0 bridgehead atoms. The third-order valence-corrected chi connectivity index (χ3v) is 2.82. The lowest BCUT2D eigenvalue weighted by atomic mass is 10.1. The van der Waals surface area contributed by atoms with E-state index >= 15 is 0 Å². The van der Waals surface area contributed by atoms with Crippen LogP contribution >= 0.6 is 0 Å². The molecule has 0 amide bonds. The number of carbonyl (C=O) groups is 1. The van der Waals surface area contributed by atoms with Gasteiger partial charge in [0, 0.05) is 18.0 Å². The Hall–Kier alpha value is -2.56. The Kier molecular flexibility index (Phi) is 4.55. The van der Waals surface area contributed by atoms with E-state index in [2.05, 4.69) is 0 Å². The van der Waals surface area contributed by atoms with Gasteiger partial charge in [-0.2, -0.15) is 0 Å². The van der Waals surface area contributed by atoms with Crippen LogP contribution in [0.5, 0.6) is 0 Å². The number of benzene rings is 1. The first-order valence-corrected chi connectivity index (χ1v) is 6.30. The maximum absolute atomic E-state index is 11.6. The van der Waals surface area contributed by atoms with Gasteiger partial charge in [0.05, 0.1) is 13.0 Å². The van der Waals surface area contributed by atoms with E-state index in [0.717, 1.165) is 5.56 Å². The number of anilines is 1. The van der Waals surface area contributed by atoms with Crippen molar-refractivity contribution in [3.63, 3.8) is 0 Å². The summed E-state index contributed by atoms with van der Waals surface area (Å²) < 4.78 is 6.60. The molecule has 104 valence electrons. The van der Waals surface area contributed by atoms with Gasteiger partial charge in [-0.25, -0.2) is 0 Å². The van der Waals surface area contributed by atoms with E-state index in [1.54, 1.807) is 42.6 Å². The van der Waals surface area contributed by atoms with Gasteiger partial charge < -0.3 is 15.0 Å². The molecule has 1 aromatic carbocycles. The largest absolute Gasteiger partial charge is 0.464 e. The zero-order valence-electron chi connectivity index (χ0n) is 11.0. The summed E-state index contributed by atoms with van der Waals surface area (Å²) in [6.07, 6.45) is 1.86. The van der Waals surface area contributed by atoms with E-state index in [1.807, 2.05) is 0 Å². The Labute approximate surface area is 116 Å². The lowest BCUT2D eigenvalue weighted by molar-refractivity contribution is -0.143. The van der Waals surface area contributed by atoms with E-state index in [9.17, 15) is 9.59 Å². The summed E-state index contributed by atoms with van der Waals surface area (Å²) >= 11 is 0. The first kappa shape index (κ1) is 13.9. The normalized spacial score (nSPS) is 10.2. The van der Waals surface area contributed by atoms with Gasteiger partial charge in [-0.05, 0) is 23.8 Å². The van der Waals surface area contributed by atoms with Gasteiger partial charge in [-0.3, -0.25) is 9.59 Å². The summed E-state index contributed by atoms with van der Waals surface area (Å²) in [5.41, 5.74) is 6.96. The van der Waals surface area contributed by atoms with Crippen molar-refractivity contribution in [3.05, 3.63) is 64.6 Å². The Morgan fingerprint density at radius 3 is 2.60 bits per heavy atom. The molecule has 0 aliphatic rings. The number of ether oxygens (including phenoxy) is 1. The second-order valence-electron chi connectivity index (χ2n) is 4.37. The van der Waals surface area contributed by atoms with Gasteiger partial charge in [0.1, 0.15) is 6.61 Å². The second-order valence-corrected chi connectivity index (χ2v) is 4.37. The molecule has 2 aromatic rings. The van der Waals surface area contributed by atoms with Crippen LogP contribution in [-0.4, -0.2) is 17.1 Å². The van der Waals surface area contributed by atoms with Gasteiger partial charge in [0.2, 0.25) is 0 Å². The van der Waals surface area contributed by atoms with Crippen LogP contribution in [0.15, 0.2) is 53.5 Å². The lowest BCUT2D eigenvalue weighted by Gasteiger charge is -2.07. The summed E-state index contributed by atoms with van der Waals surface area (Å²) in [5, 5.41) is 0. The number of nitrogens with two attached hydrogens (primary N) is 1. The minimum Gasteiger partial charge on any atom is -0.464 e. The summed E-state index contributed by atoms with van der Waals surface area (Å²) in [4.78, 5) is 23.1. The van der Waals surface area contributed by atoms with Crippen molar-refractivity contribution in [3.8, 4) is 0 Å². The summed E-state index contributed by atoms with van der Waals surface area (Å²) in [5.74, 6) is -0.321. The first-order chi connectivity index (χ1) is 9.65. The fraction of sp³-hybridized carbons (Fsp3) is 0.200. The first-order valence-electron chi connectivity index (χ1n) is 6.30. The van der Waals surface area contributed by atoms with Crippen LogP contribution in [0, 0.1) is 0 Å². The van der Waals surface area contributed by atoms with Crippen molar-refractivity contribution in [1.29, 1.82) is 0 Å². The molecule has 2 rings (SSSR count). The molecular weight excluding hydrogens is 256 g/mol. The van der Waals surface area contributed by atoms with E-state index < -0.39 is 0 Å². The Bertz CT molecular complexity index is 632. The Balaban J connectivity index is 1.80. The van der Waals surface area contributed by atoms with Gasteiger partial charge in [0.25, 0.3) is 5.56 Å². The van der Waals surface area contributed by atoms with Gasteiger partial charge in [-0.15, -0.1) is 0 Å². The molecule has 20 heavy (non-hydrogen) atoms. The average molecular weight is 272 g/mol. The zero-order valence-corrected chi connectivity index (χ0v) is 11.0. The SMILES string of the molecule is Nc1ccc(CC(=O)OCCn2ccccc2=O)cc1. The minimum atomic E-state index is -0.321. The molecule has 1 aromatic heterocycles. The number of esters is 1. The van der Waals surface area contributed by atoms with Crippen LogP contribution in [-0.2, 0) is 22.5 Å². The monoisotopic (exact) mass is 272 g/mol. The Morgan fingerprint density at radius 2 is 1.90 bits per heavy atom. The molecule has 0 fully saturated rings. The number of rotatable bonds is 5. The number of carbonyl (C=O) groups excluding carboxylic acids is 1. The highest BCUT2D eigenvalue weighted by molar-refractivity contribution is 5.72. The number of nitrogens with zero attached hydrogens (tertiary/aromatic N) is 1. The molecule has 1 heterocycles. The van der Waals surface area contributed by atoms with E-state index in [1.165, 1.54) is 10.6 Å². The standard InChI is InChI=1S/C15H16N2O3/c16-13-6-4-12(5-7-13)11-15(19)20-10-9-17-8-2-1-3-14(17)18/h1-8H,9-11,16H2. The maximum Gasteiger partial charge on any atom is 0.310 e. The van der Waals surface area contributed by atoms with E-state index in [-0.39, 0.29) is 24.6 Å². The van der Waals surface area contributed by atoms with Gasteiger partial charge >= 0.3 is 5.97 Å². The quantitative estimate of drug-likeness (QED) is 0.656. The number of aromatic nitrogens is 1. The fourth-order valence-corrected chi connectivity index (χ4v) is 1.76. The zero-order chi connectivity index (χ0) is 14.4.